The van der Waals surface area contributed by atoms with E-state index in [0.717, 1.165) is 16.2 Å². The Morgan fingerprint density at radius 1 is 1.54 bits per heavy atom. The lowest BCUT2D eigenvalue weighted by Gasteiger charge is -2.49. The van der Waals surface area contributed by atoms with Gasteiger partial charge in [0.15, 0.2) is 10.8 Å². The molecule has 0 bridgehead atoms. The number of allylic oxidation sites excluding steroid dienone is 1. The first-order valence-corrected chi connectivity index (χ1v) is 9.09. The van der Waals surface area contributed by atoms with Crippen molar-refractivity contribution in [2.45, 2.75) is 11.4 Å². The predicted molar refractivity (Wildman–Crippen MR) is 94.7 cm³/mol. The van der Waals surface area contributed by atoms with Gasteiger partial charge in [0.2, 0.25) is 0 Å². The molecule has 3 rings (SSSR count). The summed E-state index contributed by atoms with van der Waals surface area (Å²) in [6, 6.07) is -0.944. The Morgan fingerprint density at radius 2 is 2.27 bits per heavy atom. The third-order valence-electron chi connectivity index (χ3n) is 3.81. The van der Waals surface area contributed by atoms with Gasteiger partial charge in [0, 0.05) is 11.1 Å². The number of hydrogen-bond acceptors (Lipinski definition) is 9. The lowest BCUT2D eigenvalue weighted by Crippen LogP contribution is -2.71. The average molecular weight is 398 g/mol. The van der Waals surface area contributed by atoms with Gasteiger partial charge in [-0.2, -0.15) is 0 Å². The Morgan fingerprint density at radius 3 is 2.81 bits per heavy atom. The highest BCUT2D eigenvalue weighted by atomic mass is 32.2. The summed E-state index contributed by atoms with van der Waals surface area (Å²) in [6.45, 7) is 3.56. The van der Waals surface area contributed by atoms with E-state index in [-0.39, 0.29) is 22.2 Å². The highest BCUT2D eigenvalue weighted by Crippen LogP contribution is 2.40. The van der Waals surface area contributed by atoms with Gasteiger partial charge < -0.3 is 21.4 Å². The molecule has 1 aromatic heterocycles. The Labute approximate surface area is 155 Å². The zero-order valence-electron chi connectivity index (χ0n) is 13.1. The number of rotatable bonds is 5. The standard InChI is InChI=1S/C14H13N5O5S2/c1-2-5-3-25-12-8(11(21)19(12)9(5)13(22)23)17-10(20)7(18-24)6-4-26-14(15)16-6/h2,4,8,12,24H,1,3H2,(H2,15,16)(H,17,20)(H,22,23)/b18-7-/t8-,12-/m1/s1/i14+1,15+1,16+1. The molecule has 0 unspecified atom stereocenters. The van der Waals surface area contributed by atoms with Crippen LogP contribution in [0.4, 0.5) is 5.13 Å². The van der Waals surface area contributed by atoms with Gasteiger partial charge in [-0.3, -0.25) is 14.5 Å². The van der Waals surface area contributed by atoms with Crippen LogP contribution in [0, 0.1) is 0 Å². The van der Waals surface area contributed by atoms with Crippen LogP contribution in [0.15, 0.2) is 34.5 Å². The lowest BCUT2D eigenvalue weighted by molar-refractivity contribution is -0.150. The molecular weight excluding hydrogens is 385 g/mol. The van der Waals surface area contributed by atoms with E-state index in [2.05, 4.69) is 22.0 Å². The number of nitrogens with two attached hydrogens (primary N) is 1. The van der Waals surface area contributed by atoms with Crippen LogP contribution in [0.5, 0.6) is 0 Å². The van der Waals surface area contributed by atoms with Gasteiger partial charge in [-0.15, -0.1) is 23.1 Å². The van der Waals surface area contributed by atoms with Crippen molar-refractivity contribution in [3.63, 3.8) is 0 Å². The number of aromatic nitrogens is 1. The minimum atomic E-state index is -1.24. The van der Waals surface area contributed by atoms with Crippen molar-refractivity contribution in [1.29, 1.82) is 0 Å². The number of carboxylic acid groups (broad SMARTS) is 1. The van der Waals surface area contributed by atoms with Gasteiger partial charge in [0.05, 0.1) is 0 Å². The zero-order valence-corrected chi connectivity index (χ0v) is 14.7. The number of hydrogen-bond donors (Lipinski definition) is 4. The molecule has 2 aliphatic rings. The minimum Gasteiger partial charge on any atom is -0.477 e. The Kier molecular flexibility index (Phi) is 4.70. The molecular formula is C14H13N5O5S2. The number of carbonyl (C=O) groups is 3. The van der Waals surface area contributed by atoms with Crippen LogP contribution in [0.3, 0.4) is 0 Å². The first-order chi connectivity index (χ1) is 12.4. The maximum Gasteiger partial charge on any atom is 0.352 e. The summed E-state index contributed by atoms with van der Waals surface area (Å²) in [5.74, 6) is -2.27. The first-order valence-electron chi connectivity index (χ1n) is 7.16. The van der Waals surface area contributed by atoms with Crippen molar-refractivity contribution in [2.75, 3.05) is 11.5 Å². The van der Waals surface area contributed by atoms with E-state index in [0.29, 0.717) is 11.3 Å². The van der Waals surface area contributed by atoms with E-state index in [9.17, 15) is 19.5 Å². The number of thioether (sulfide) groups is 1. The zero-order chi connectivity index (χ0) is 19.0. The van der Waals surface area contributed by atoms with Crippen LogP contribution in [0.1, 0.15) is 5.69 Å². The van der Waals surface area contributed by atoms with Gasteiger partial charge in [-0.1, -0.05) is 17.8 Å². The fourth-order valence-electron chi connectivity index (χ4n) is 2.62. The van der Waals surface area contributed by atoms with Crippen molar-refractivity contribution >= 4 is 51.7 Å². The number of amides is 2. The maximum atomic E-state index is 12.4. The maximum absolute atomic E-state index is 12.4. The molecule has 2 aliphatic heterocycles. The smallest absolute Gasteiger partial charge is 0.352 e. The number of nitrogen functional groups attached to an aromatic ring is 1. The summed E-state index contributed by atoms with van der Waals surface area (Å²) in [4.78, 5) is 41.2. The first kappa shape index (κ1) is 17.9. The van der Waals surface area contributed by atoms with Gasteiger partial charge in [0.25, 0.3) is 11.8 Å². The summed E-state index contributed by atoms with van der Waals surface area (Å²) in [5.41, 5.74) is 5.49. The van der Waals surface area contributed by atoms with Gasteiger partial charge in [-0.05, 0) is 5.57 Å². The molecule has 5 N–H and O–H groups in total. The molecule has 2 amide bonds. The van der Waals surface area contributed by atoms with Crippen LogP contribution in [0.2, 0.25) is 0 Å². The molecule has 0 spiro atoms. The monoisotopic (exact) mass is 398 g/mol. The normalized spacial score (nSPS) is 22.5. The molecule has 12 heteroatoms. The second kappa shape index (κ2) is 6.80. The SMILES string of the molecule is C=CC1=C(C(=O)O)N2C(=O)[C@@H](NC(=O)/C(=N\O)c3cs[13c]([15NH2])[15n]3)[C@H]2SC1. The Balaban J connectivity index is 1.78. The molecule has 136 valence electrons. The van der Waals surface area contributed by atoms with E-state index >= 15 is 0 Å². The molecule has 0 aromatic carbocycles. The highest BCUT2D eigenvalue weighted by molar-refractivity contribution is 8.00. The fraction of sp³-hybridized carbons (Fsp3) is 0.214. The fourth-order valence-corrected chi connectivity index (χ4v) is 4.51. The predicted octanol–water partition coefficient (Wildman–Crippen LogP) is -0.172. The van der Waals surface area contributed by atoms with Crippen LogP contribution in [-0.4, -0.2) is 60.9 Å². The molecule has 1 saturated heterocycles. The van der Waals surface area contributed by atoms with E-state index in [1.165, 1.54) is 23.2 Å². The van der Waals surface area contributed by atoms with Crippen LogP contribution in [0.25, 0.3) is 0 Å². The van der Waals surface area contributed by atoms with Gasteiger partial charge >= 0.3 is 5.97 Å². The van der Waals surface area contributed by atoms with Crippen LogP contribution in [-0.2, 0) is 14.4 Å². The largest absolute Gasteiger partial charge is 0.477 e. The topological polar surface area (TPSA) is 158 Å². The van der Waals surface area contributed by atoms with E-state index in [1.54, 1.807) is 0 Å². The van der Waals surface area contributed by atoms with Crippen molar-refractivity contribution in [3.8, 4) is 0 Å². The number of thiazole rings is 1. The number of β-lactam (4-membered cyclic amide) rings is 1. The summed E-state index contributed by atoms with van der Waals surface area (Å²) in [6.07, 6.45) is 1.40. The molecule has 26 heavy (non-hydrogen) atoms. The molecule has 10 nitrogen and oxygen atoms in total. The van der Waals surface area contributed by atoms with E-state index in [1.807, 2.05) is 0 Å². The second-order valence-electron chi connectivity index (χ2n) is 5.26. The lowest BCUT2D eigenvalue weighted by atomic mass is 10.0. The van der Waals surface area contributed by atoms with E-state index < -0.39 is 29.2 Å². The molecule has 0 radical (unpaired) electrons. The molecule has 0 saturated carbocycles. The van der Waals surface area contributed by atoms with Crippen molar-refractivity contribution in [3.05, 3.63) is 35.0 Å². The number of fused-ring (bicyclic) bond motifs is 1. The van der Waals surface area contributed by atoms with E-state index in [4.69, 9.17) is 10.9 Å². The third-order valence-corrected chi connectivity index (χ3v) is 5.79. The quantitative estimate of drug-likeness (QED) is 0.175. The number of oxime groups is 1. The van der Waals surface area contributed by atoms with Crippen LogP contribution < -0.4 is 11.1 Å². The molecule has 1 fully saturated rings. The third kappa shape index (κ3) is 2.82. The van der Waals surface area contributed by atoms with Crippen LogP contribution >= 0.6 is 23.1 Å². The molecule has 3 heterocycles. The van der Waals surface area contributed by atoms with Crippen molar-refractivity contribution in [1.82, 2.24) is 15.2 Å². The average Bonchev–Trinajstić information content (AvgIpc) is 3.04. The molecule has 2 atom stereocenters. The van der Waals surface area contributed by atoms with Gasteiger partial charge in [0.1, 0.15) is 22.8 Å². The number of nitrogens with one attached hydrogen (secondary N) is 1. The number of carboxylic acids is 1. The summed E-state index contributed by atoms with van der Waals surface area (Å²) in [7, 11) is 0. The van der Waals surface area contributed by atoms with Crippen molar-refractivity contribution < 1.29 is 24.7 Å². The number of nitrogens with zero attached hydrogens (tertiary/aromatic N) is 3. The second-order valence-corrected chi connectivity index (χ2v) is 7.26. The summed E-state index contributed by atoms with van der Waals surface area (Å²) >= 11 is 2.37. The highest BCUT2D eigenvalue weighted by Gasteiger charge is 2.54. The minimum absolute atomic E-state index is 0.0764. The summed E-state index contributed by atoms with van der Waals surface area (Å²) < 4.78 is 0. The Bertz CT molecular complexity index is 877. The molecule has 1 aromatic rings. The number of anilines is 1. The number of carbonyl (C=O) groups excluding carboxylic acids is 2. The number of aliphatic carboxylic acids is 1. The summed E-state index contributed by atoms with van der Waals surface area (Å²) in [5, 5.41) is 24.9. The van der Waals surface area contributed by atoms with Crippen molar-refractivity contribution in [2.24, 2.45) is 5.16 Å². The van der Waals surface area contributed by atoms with Gasteiger partial charge in [-0.25, -0.2) is 9.78 Å². The Hall–Kier alpha value is -2.86. The molecule has 0 aliphatic carbocycles.